The molecule has 0 unspecified atom stereocenters. The molecule has 0 radical (unpaired) electrons. The molecule has 2 aromatic rings. The zero-order valence-electron chi connectivity index (χ0n) is 15.2. The van der Waals surface area contributed by atoms with Gasteiger partial charge in [-0.25, -0.2) is 4.79 Å². The highest BCUT2D eigenvalue weighted by atomic mass is 79.9. The van der Waals surface area contributed by atoms with E-state index < -0.39 is 17.6 Å². The van der Waals surface area contributed by atoms with Crippen molar-refractivity contribution in [3.05, 3.63) is 39.5 Å². The summed E-state index contributed by atoms with van der Waals surface area (Å²) in [6.07, 6.45) is 0. The Bertz CT molecular complexity index is 885. The third-order valence-corrected chi connectivity index (χ3v) is 4.32. The highest BCUT2D eigenvalue weighted by Crippen LogP contribution is 2.40. The van der Waals surface area contributed by atoms with E-state index in [2.05, 4.69) is 36.8 Å². The number of allylic oxidation sites excluding steroid dienone is 1. The molecule has 1 N–H and O–H groups in total. The third kappa shape index (κ3) is 3.44. The number of nitrogens with one attached hydrogen (secondary N) is 1. The molecule has 0 saturated heterocycles. The lowest BCUT2D eigenvalue weighted by atomic mass is 9.95. The monoisotopic (exact) mass is 421 g/mol. The van der Waals surface area contributed by atoms with Crippen LogP contribution < -0.4 is 10.1 Å². The maximum Gasteiger partial charge on any atom is 0.338 e. The zero-order valence-corrected chi connectivity index (χ0v) is 16.8. The van der Waals surface area contributed by atoms with Gasteiger partial charge in [0, 0.05) is 15.7 Å². The molecule has 0 amide bonds. The smallest absolute Gasteiger partial charge is 0.338 e. The van der Waals surface area contributed by atoms with Gasteiger partial charge in [-0.05, 0) is 50.3 Å². The van der Waals surface area contributed by atoms with Crippen LogP contribution in [0.1, 0.15) is 39.3 Å². The van der Waals surface area contributed by atoms with Crippen LogP contribution in [0.3, 0.4) is 0 Å². The summed E-state index contributed by atoms with van der Waals surface area (Å²) in [5.41, 5.74) is 1.20. The summed E-state index contributed by atoms with van der Waals surface area (Å²) in [4.78, 5) is 13.0. The minimum Gasteiger partial charge on any atom is -0.496 e. The molecular formula is C17H20BrN5O3. The Kier molecular flexibility index (Phi) is 4.74. The van der Waals surface area contributed by atoms with Gasteiger partial charge < -0.3 is 14.8 Å². The fourth-order valence-corrected chi connectivity index (χ4v) is 3.15. The standard InChI is InChI=1S/C17H20BrN5O3/c1-9-13(15(24)26-17(2,3)4)14(23-16(19-9)20-21-22-23)11-7-6-10(18)8-12(11)25-5/h6-8,14H,1-5H3,(H,19,20,22)/t14-/m1/s1. The van der Waals surface area contributed by atoms with Gasteiger partial charge in [0.1, 0.15) is 17.4 Å². The van der Waals surface area contributed by atoms with Crippen LogP contribution in [0, 0.1) is 0 Å². The lowest BCUT2D eigenvalue weighted by Crippen LogP contribution is -2.33. The topological polar surface area (TPSA) is 91.2 Å². The molecule has 1 aromatic carbocycles. The number of ether oxygens (including phenoxy) is 2. The highest BCUT2D eigenvalue weighted by molar-refractivity contribution is 9.10. The number of benzene rings is 1. The van der Waals surface area contributed by atoms with E-state index in [9.17, 15) is 4.79 Å². The zero-order chi connectivity index (χ0) is 19.1. The van der Waals surface area contributed by atoms with Crippen LogP contribution >= 0.6 is 15.9 Å². The molecule has 1 aliphatic rings. The van der Waals surface area contributed by atoms with Gasteiger partial charge in [0.05, 0.1) is 12.7 Å². The second kappa shape index (κ2) is 6.71. The van der Waals surface area contributed by atoms with Crippen LogP contribution in [-0.4, -0.2) is 38.9 Å². The minimum absolute atomic E-state index is 0.431. The summed E-state index contributed by atoms with van der Waals surface area (Å²) < 4.78 is 13.6. The maximum atomic E-state index is 13.0. The van der Waals surface area contributed by atoms with Crippen molar-refractivity contribution in [2.45, 2.75) is 39.3 Å². The van der Waals surface area contributed by atoms with Crippen molar-refractivity contribution in [3.8, 4) is 5.75 Å². The van der Waals surface area contributed by atoms with Gasteiger partial charge in [0.15, 0.2) is 0 Å². The Hall–Kier alpha value is -2.42. The molecule has 3 rings (SSSR count). The number of esters is 1. The number of rotatable bonds is 3. The average molecular weight is 422 g/mol. The number of nitrogens with zero attached hydrogens (tertiary/aromatic N) is 4. The van der Waals surface area contributed by atoms with Crippen molar-refractivity contribution in [3.63, 3.8) is 0 Å². The maximum absolute atomic E-state index is 13.0. The van der Waals surface area contributed by atoms with Crippen LogP contribution in [-0.2, 0) is 9.53 Å². The van der Waals surface area contributed by atoms with Crippen molar-refractivity contribution < 1.29 is 14.3 Å². The summed E-state index contributed by atoms with van der Waals surface area (Å²) in [5, 5.41) is 14.8. The summed E-state index contributed by atoms with van der Waals surface area (Å²) in [6, 6.07) is 5.02. The first-order valence-corrected chi connectivity index (χ1v) is 8.83. The molecule has 1 aliphatic heterocycles. The second-order valence-electron chi connectivity index (χ2n) is 6.90. The van der Waals surface area contributed by atoms with E-state index in [1.165, 1.54) is 0 Å². The molecule has 0 spiro atoms. The van der Waals surface area contributed by atoms with E-state index in [-0.39, 0.29) is 0 Å². The second-order valence-corrected chi connectivity index (χ2v) is 7.82. The molecule has 2 heterocycles. The van der Waals surface area contributed by atoms with Crippen molar-refractivity contribution >= 4 is 27.8 Å². The van der Waals surface area contributed by atoms with Crippen molar-refractivity contribution in [1.29, 1.82) is 0 Å². The molecule has 8 nitrogen and oxygen atoms in total. The molecule has 138 valence electrons. The molecular weight excluding hydrogens is 402 g/mol. The van der Waals surface area contributed by atoms with Crippen LogP contribution in [0.5, 0.6) is 5.75 Å². The number of carbonyl (C=O) groups excluding carboxylic acids is 1. The first-order valence-electron chi connectivity index (χ1n) is 8.03. The number of hydrogen-bond donors (Lipinski definition) is 1. The van der Waals surface area contributed by atoms with Gasteiger partial charge in [0.2, 0.25) is 5.95 Å². The number of methoxy groups -OCH3 is 1. The van der Waals surface area contributed by atoms with Gasteiger partial charge in [0.25, 0.3) is 0 Å². The molecule has 0 aliphatic carbocycles. The number of hydrogen-bond acceptors (Lipinski definition) is 7. The summed E-state index contributed by atoms with van der Waals surface area (Å²) in [5.74, 6) is 0.630. The first kappa shape index (κ1) is 18.4. The Morgan fingerprint density at radius 1 is 1.35 bits per heavy atom. The fraction of sp³-hybridized carbons (Fsp3) is 0.412. The normalized spacial score (nSPS) is 16.8. The summed E-state index contributed by atoms with van der Waals surface area (Å²) in [6.45, 7) is 7.29. The Morgan fingerprint density at radius 3 is 2.73 bits per heavy atom. The average Bonchev–Trinajstić information content (AvgIpc) is 2.99. The van der Waals surface area contributed by atoms with Crippen molar-refractivity contribution in [2.24, 2.45) is 0 Å². The van der Waals surface area contributed by atoms with E-state index in [1.807, 2.05) is 39.0 Å². The Morgan fingerprint density at radius 2 is 2.08 bits per heavy atom. The van der Waals surface area contributed by atoms with E-state index in [0.717, 1.165) is 10.0 Å². The lowest BCUT2D eigenvalue weighted by molar-refractivity contribution is -0.150. The predicted octanol–water partition coefficient (Wildman–Crippen LogP) is 3.07. The van der Waals surface area contributed by atoms with E-state index >= 15 is 0 Å². The van der Waals surface area contributed by atoms with Crippen LogP contribution in [0.15, 0.2) is 33.9 Å². The molecule has 1 aromatic heterocycles. The number of halogens is 1. The highest BCUT2D eigenvalue weighted by Gasteiger charge is 2.37. The number of aromatic nitrogens is 4. The van der Waals surface area contributed by atoms with Gasteiger partial charge in [-0.15, -0.1) is 0 Å². The number of carbonyl (C=O) groups is 1. The van der Waals surface area contributed by atoms with Gasteiger partial charge >= 0.3 is 5.97 Å². The summed E-state index contributed by atoms with van der Waals surface area (Å²) in [7, 11) is 1.58. The molecule has 0 bridgehead atoms. The van der Waals surface area contributed by atoms with Gasteiger partial charge in [-0.3, -0.25) is 0 Å². The quantitative estimate of drug-likeness (QED) is 0.761. The minimum atomic E-state index is -0.625. The number of tetrazole rings is 1. The first-order chi connectivity index (χ1) is 12.2. The van der Waals surface area contributed by atoms with E-state index in [4.69, 9.17) is 9.47 Å². The Balaban J connectivity index is 2.17. The van der Waals surface area contributed by atoms with Crippen LogP contribution in [0.4, 0.5) is 5.95 Å². The van der Waals surface area contributed by atoms with Crippen LogP contribution in [0.25, 0.3) is 0 Å². The number of fused-ring (bicyclic) bond motifs is 1. The molecule has 0 fully saturated rings. The molecule has 9 heteroatoms. The van der Waals surface area contributed by atoms with Gasteiger partial charge in [-0.2, -0.15) is 4.68 Å². The lowest BCUT2D eigenvalue weighted by Gasteiger charge is -2.30. The summed E-state index contributed by atoms with van der Waals surface area (Å²) >= 11 is 3.44. The third-order valence-electron chi connectivity index (χ3n) is 3.82. The fourth-order valence-electron chi connectivity index (χ4n) is 2.81. The van der Waals surface area contributed by atoms with Crippen molar-refractivity contribution in [2.75, 3.05) is 12.4 Å². The predicted molar refractivity (Wildman–Crippen MR) is 98.8 cm³/mol. The molecule has 0 saturated carbocycles. The van der Waals surface area contributed by atoms with Crippen LogP contribution in [0.2, 0.25) is 0 Å². The van der Waals surface area contributed by atoms with Gasteiger partial charge in [-0.1, -0.05) is 27.1 Å². The molecule has 26 heavy (non-hydrogen) atoms. The SMILES string of the molecule is COc1cc(Br)ccc1[C@@H]1C(C(=O)OC(C)(C)C)=C(C)Nc2nnnn21. The Labute approximate surface area is 159 Å². The van der Waals surface area contributed by atoms with Crippen molar-refractivity contribution in [1.82, 2.24) is 20.2 Å². The van der Waals surface area contributed by atoms with E-state index in [1.54, 1.807) is 18.7 Å². The van der Waals surface area contributed by atoms with E-state index in [0.29, 0.717) is 23.0 Å². The largest absolute Gasteiger partial charge is 0.496 e. The number of anilines is 1. The molecule has 1 atom stereocenters.